The van der Waals surface area contributed by atoms with Gasteiger partial charge in [-0.1, -0.05) is 65.7 Å². The first kappa shape index (κ1) is 26.9. The second-order valence-electron chi connectivity index (χ2n) is 9.28. The van der Waals surface area contributed by atoms with E-state index < -0.39 is 50.9 Å². The number of hydrogen-bond donors (Lipinski definition) is 0. The molecule has 38 heavy (non-hydrogen) atoms. The largest absolute Gasteiger partial charge is 0.370 e. The summed E-state index contributed by atoms with van der Waals surface area (Å²) in [5, 5.41) is 0. The van der Waals surface area contributed by atoms with Gasteiger partial charge in [0.05, 0.1) is 23.0 Å². The minimum absolute atomic E-state index is 0.0691. The molecule has 2 aliphatic heterocycles. The maximum absolute atomic E-state index is 13.3. The van der Waals surface area contributed by atoms with E-state index in [1.807, 2.05) is 44.2 Å². The smallest absolute Gasteiger partial charge is 0.297 e. The minimum atomic E-state index is -4.32. The molecule has 2 saturated heterocycles. The van der Waals surface area contributed by atoms with Crippen molar-refractivity contribution in [3.8, 4) is 0 Å². The molecular weight excluding hydrogens is 532 g/mol. The van der Waals surface area contributed by atoms with Gasteiger partial charge in [0.25, 0.3) is 20.2 Å². The van der Waals surface area contributed by atoms with Gasteiger partial charge < -0.3 is 14.2 Å². The number of hydrogen-bond acceptors (Lipinski definition) is 9. The van der Waals surface area contributed by atoms with E-state index in [-0.39, 0.29) is 23.0 Å². The van der Waals surface area contributed by atoms with Crippen LogP contribution in [0.5, 0.6) is 0 Å². The first-order chi connectivity index (χ1) is 18.1. The highest BCUT2D eigenvalue weighted by Crippen LogP contribution is 2.36. The summed E-state index contributed by atoms with van der Waals surface area (Å²) in [5.41, 5.74) is 2.46. The molecule has 9 nitrogen and oxygen atoms in total. The van der Waals surface area contributed by atoms with Crippen molar-refractivity contribution < 1.29 is 39.4 Å². The lowest BCUT2D eigenvalue weighted by Crippen LogP contribution is -2.60. The van der Waals surface area contributed by atoms with Crippen molar-refractivity contribution in [3.63, 3.8) is 0 Å². The average Bonchev–Trinajstić information content (AvgIpc) is 2.90. The lowest BCUT2D eigenvalue weighted by Gasteiger charge is -2.45. The zero-order valence-electron chi connectivity index (χ0n) is 20.8. The Balaban J connectivity index is 1.47. The van der Waals surface area contributed by atoms with Crippen molar-refractivity contribution in [2.24, 2.45) is 0 Å². The normalized spacial score (nSPS) is 26.0. The van der Waals surface area contributed by atoms with E-state index in [4.69, 9.17) is 22.6 Å². The van der Waals surface area contributed by atoms with Crippen LogP contribution >= 0.6 is 0 Å². The first-order valence-corrected chi connectivity index (χ1v) is 14.9. The molecule has 2 heterocycles. The molecule has 0 saturated carbocycles. The first-order valence-electron chi connectivity index (χ1n) is 12.1. The Kier molecular flexibility index (Phi) is 7.70. The molecule has 2 fully saturated rings. The van der Waals surface area contributed by atoms with Gasteiger partial charge in [-0.15, -0.1) is 0 Å². The summed E-state index contributed by atoms with van der Waals surface area (Å²) in [6.45, 7) is 3.51. The quantitative estimate of drug-likeness (QED) is 0.399. The van der Waals surface area contributed by atoms with Crippen molar-refractivity contribution in [3.05, 3.63) is 95.6 Å². The Labute approximate surface area is 222 Å². The van der Waals surface area contributed by atoms with Crippen LogP contribution in [0.1, 0.15) is 23.0 Å². The number of rotatable bonds is 7. The predicted octanol–water partition coefficient (Wildman–Crippen LogP) is 3.66. The third-order valence-electron chi connectivity index (χ3n) is 6.40. The number of ether oxygens (including phenoxy) is 3. The summed E-state index contributed by atoms with van der Waals surface area (Å²) in [7, 11) is -8.60. The summed E-state index contributed by atoms with van der Waals surface area (Å²) in [6, 6.07) is 21.4. The zero-order chi connectivity index (χ0) is 26.9. The van der Waals surface area contributed by atoms with Crippen LogP contribution in [0.3, 0.4) is 0 Å². The van der Waals surface area contributed by atoms with Crippen LogP contribution in [0, 0.1) is 13.8 Å². The van der Waals surface area contributed by atoms with Gasteiger partial charge in [-0.2, -0.15) is 16.8 Å². The fourth-order valence-electron chi connectivity index (χ4n) is 4.32. The van der Waals surface area contributed by atoms with E-state index in [2.05, 4.69) is 0 Å². The van der Waals surface area contributed by atoms with Crippen LogP contribution in [0.2, 0.25) is 0 Å². The summed E-state index contributed by atoms with van der Waals surface area (Å²) >= 11 is 0. The monoisotopic (exact) mass is 560 g/mol. The van der Waals surface area contributed by atoms with Crippen LogP contribution < -0.4 is 0 Å². The lowest BCUT2D eigenvalue weighted by atomic mass is 9.99. The molecule has 0 aliphatic carbocycles. The molecule has 202 valence electrons. The Morgan fingerprint density at radius 1 is 0.684 bits per heavy atom. The Hall–Kier alpha value is -2.64. The fraction of sp³-hybridized carbons (Fsp3) is 0.333. The van der Waals surface area contributed by atoms with Gasteiger partial charge in [0.2, 0.25) is 0 Å². The maximum atomic E-state index is 13.3. The molecule has 2 aliphatic rings. The summed E-state index contributed by atoms with van der Waals surface area (Å²) in [5.74, 6) is 0. The van der Waals surface area contributed by atoms with Gasteiger partial charge in [0, 0.05) is 5.56 Å². The molecule has 5 atom stereocenters. The van der Waals surface area contributed by atoms with E-state index in [1.54, 1.807) is 24.3 Å². The van der Waals surface area contributed by atoms with Gasteiger partial charge in [0.15, 0.2) is 6.29 Å². The van der Waals surface area contributed by atoms with Crippen LogP contribution in [-0.4, -0.2) is 54.5 Å². The molecular formula is C27H28O9S2. The summed E-state index contributed by atoms with van der Waals surface area (Å²) < 4.78 is 81.9. The zero-order valence-corrected chi connectivity index (χ0v) is 22.4. The summed E-state index contributed by atoms with van der Waals surface area (Å²) in [4.78, 5) is -0.140. The van der Waals surface area contributed by atoms with Gasteiger partial charge >= 0.3 is 0 Å². The second-order valence-corrected chi connectivity index (χ2v) is 12.4. The number of benzene rings is 3. The average molecular weight is 561 g/mol. The number of fused-ring (bicyclic) bond motifs is 1. The molecule has 0 aromatic heterocycles. The van der Waals surface area contributed by atoms with E-state index in [0.29, 0.717) is 5.56 Å². The second kappa shape index (κ2) is 10.9. The van der Waals surface area contributed by atoms with Crippen LogP contribution in [-0.2, 0) is 42.8 Å². The SMILES string of the molecule is Cc1ccc(S(=O)(=O)O[C@@H]2[C@@H](OS(=O)(=O)c3ccc(C)cc3)COC3COC(c4ccccc4)O[C@H]32)cc1. The Morgan fingerprint density at radius 2 is 1.24 bits per heavy atom. The highest BCUT2D eigenvalue weighted by Gasteiger charge is 2.50. The van der Waals surface area contributed by atoms with Crippen molar-refractivity contribution in [2.45, 2.75) is 54.3 Å². The van der Waals surface area contributed by atoms with Crippen LogP contribution in [0.25, 0.3) is 0 Å². The Bertz CT molecular complexity index is 1460. The van der Waals surface area contributed by atoms with Crippen molar-refractivity contribution in [2.75, 3.05) is 13.2 Å². The molecule has 0 radical (unpaired) electrons. The molecule has 5 rings (SSSR count). The van der Waals surface area contributed by atoms with Gasteiger partial charge in [-0.3, -0.25) is 8.37 Å². The Morgan fingerprint density at radius 3 is 1.82 bits per heavy atom. The summed E-state index contributed by atoms with van der Waals surface area (Å²) in [6.07, 6.45) is -5.18. The minimum Gasteiger partial charge on any atom is -0.370 e. The third kappa shape index (κ3) is 5.84. The molecule has 0 bridgehead atoms. The third-order valence-corrected chi connectivity index (χ3v) is 9.08. The lowest BCUT2D eigenvalue weighted by molar-refractivity contribution is -0.307. The molecule has 0 amide bonds. The van der Waals surface area contributed by atoms with E-state index in [0.717, 1.165) is 11.1 Å². The van der Waals surface area contributed by atoms with Crippen molar-refractivity contribution >= 4 is 20.2 Å². The van der Waals surface area contributed by atoms with Gasteiger partial charge in [-0.05, 0) is 38.1 Å². The fourth-order valence-corrected chi connectivity index (χ4v) is 6.50. The van der Waals surface area contributed by atoms with E-state index in [9.17, 15) is 16.8 Å². The molecule has 2 unspecified atom stereocenters. The standard InChI is InChI=1S/C27H28O9S2/c1-18-8-12-21(13-9-18)37(28,29)35-24-17-32-23-16-33-27(20-6-4-3-5-7-20)34-25(23)26(24)36-38(30,31)22-14-10-19(2)11-15-22/h3-15,23-27H,16-17H2,1-2H3/t23?,24-,25+,26+,27?/m0/s1. The molecule has 3 aromatic rings. The maximum Gasteiger partial charge on any atom is 0.297 e. The van der Waals surface area contributed by atoms with Gasteiger partial charge in [0.1, 0.15) is 24.4 Å². The van der Waals surface area contributed by atoms with E-state index in [1.165, 1.54) is 24.3 Å². The van der Waals surface area contributed by atoms with Gasteiger partial charge in [-0.25, -0.2) is 0 Å². The molecule has 11 heteroatoms. The molecule has 0 spiro atoms. The topological polar surface area (TPSA) is 114 Å². The van der Waals surface area contributed by atoms with Crippen molar-refractivity contribution in [1.82, 2.24) is 0 Å². The van der Waals surface area contributed by atoms with Crippen LogP contribution in [0.15, 0.2) is 88.7 Å². The highest BCUT2D eigenvalue weighted by molar-refractivity contribution is 7.87. The highest BCUT2D eigenvalue weighted by atomic mass is 32.2. The number of aryl methyl sites for hydroxylation is 2. The molecule has 3 aromatic carbocycles. The predicted molar refractivity (Wildman–Crippen MR) is 136 cm³/mol. The van der Waals surface area contributed by atoms with E-state index >= 15 is 0 Å². The molecule has 0 N–H and O–H groups in total. The van der Waals surface area contributed by atoms with Crippen molar-refractivity contribution in [1.29, 1.82) is 0 Å². The van der Waals surface area contributed by atoms with Crippen LogP contribution in [0.4, 0.5) is 0 Å².